The van der Waals surface area contributed by atoms with Crippen molar-refractivity contribution in [2.45, 2.75) is 6.61 Å². The average molecular weight is 264 g/mol. The Morgan fingerprint density at radius 1 is 1.13 bits per heavy atom. The van der Waals surface area contributed by atoms with Crippen molar-refractivity contribution in [3.8, 4) is 5.75 Å². The molecule has 0 unspecified atom stereocenters. The minimum absolute atomic E-state index is 0.568. The lowest BCUT2D eigenvalue weighted by Gasteiger charge is -2.05. The van der Waals surface area contributed by atoms with Gasteiger partial charge in [0.2, 0.25) is 0 Å². The van der Waals surface area contributed by atoms with E-state index in [4.69, 9.17) is 4.74 Å². The molecule has 2 nitrogen and oxygen atoms in total. The Morgan fingerprint density at radius 2 is 1.93 bits per heavy atom. The summed E-state index contributed by atoms with van der Waals surface area (Å²) < 4.78 is 6.64. The summed E-state index contributed by atoms with van der Waals surface area (Å²) in [7, 11) is 0. The Bertz CT molecular complexity index is 431. The lowest BCUT2D eigenvalue weighted by atomic mass is 10.3. The van der Waals surface area contributed by atoms with Gasteiger partial charge < -0.3 is 4.74 Å². The molecule has 0 saturated carbocycles. The van der Waals surface area contributed by atoms with Gasteiger partial charge in [-0.25, -0.2) is 0 Å². The summed E-state index contributed by atoms with van der Waals surface area (Å²) in [5, 5.41) is 0. The van der Waals surface area contributed by atoms with Crippen molar-refractivity contribution < 1.29 is 4.74 Å². The summed E-state index contributed by atoms with van der Waals surface area (Å²) in [4.78, 5) is 3.95. The first-order valence-corrected chi connectivity index (χ1v) is 5.41. The number of nitrogens with zero attached hydrogens (tertiary/aromatic N) is 1. The maximum atomic E-state index is 5.62. The first-order chi connectivity index (χ1) is 7.34. The van der Waals surface area contributed by atoms with Gasteiger partial charge in [0.15, 0.2) is 0 Å². The lowest BCUT2D eigenvalue weighted by Crippen LogP contribution is -1.94. The van der Waals surface area contributed by atoms with Crippen LogP contribution >= 0.6 is 15.9 Å². The monoisotopic (exact) mass is 263 g/mol. The van der Waals surface area contributed by atoms with Crippen LogP contribution in [0.3, 0.4) is 0 Å². The molecule has 0 bridgehead atoms. The van der Waals surface area contributed by atoms with Gasteiger partial charge in [0.1, 0.15) is 12.4 Å². The fourth-order valence-corrected chi connectivity index (χ4v) is 1.58. The molecule has 0 aliphatic rings. The maximum absolute atomic E-state index is 5.62. The van der Waals surface area contributed by atoms with Crippen molar-refractivity contribution in [1.29, 1.82) is 0 Å². The van der Waals surface area contributed by atoms with Crippen molar-refractivity contribution in [3.63, 3.8) is 0 Å². The van der Waals surface area contributed by atoms with E-state index < -0.39 is 0 Å². The van der Waals surface area contributed by atoms with Crippen LogP contribution in [-0.2, 0) is 6.61 Å². The van der Waals surface area contributed by atoms with E-state index in [-0.39, 0.29) is 0 Å². The standard InChI is InChI=1S/C12H10BrNO/c13-11-2-1-3-12(8-11)15-9-10-4-6-14-7-5-10/h1-8H,9H2. The van der Waals surface area contributed by atoms with E-state index >= 15 is 0 Å². The number of rotatable bonds is 3. The third-order valence-electron chi connectivity index (χ3n) is 1.95. The van der Waals surface area contributed by atoms with Crippen molar-refractivity contribution in [2.24, 2.45) is 0 Å². The topological polar surface area (TPSA) is 22.1 Å². The molecule has 15 heavy (non-hydrogen) atoms. The molecule has 0 saturated heterocycles. The van der Waals surface area contributed by atoms with Crippen LogP contribution in [0.25, 0.3) is 0 Å². The first kappa shape index (κ1) is 10.2. The minimum Gasteiger partial charge on any atom is -0.489 e. The van der Waals surface area contributed by atoms with E-state index in [1.165, 1.54) is 0 Å². The second-order valence-electron chi connectivity index (χ2n) is 3.10. The fraction of sp³-hybridized carbons (Fsp3) is 0.0833. The third kappa shape index (κ3) is 3.06. The summed E-state index contributed by atoms with van der Waals surface area (Å²) in [6.07, 6.45) is 3.53. The fourth-order valence-electron chi connectivity index (χ4n) is 1.20. The Hall–Kier alpha value is -1.35. The Kier molecular flexibility index (Phi) is 3.35. The molecular weight excluding hydrogens is 254 g/mol. The molecule has 0 radical (unpaired) electrons. The normalized spacial score (nSPS) is 9.93. The lowest BCUT2D eigenvalue weighted by molar-refractivity contribution is 0.306. The van der Waals surface area contributed by atoms with Gasteiger partial charge in [-0.3, -0.25) is 4.98 Å². The first-order valence-electron chi connectivity index (χ1n) is 4.62. The molecule has 3 heteroatoms. The number of ether oxygens (including phenoxy) is 1. The SMILES string of the molecule is Brc1cccc(OCc2ccncc2)c1. The van der Waals surface area contributed by atoms with Crippen LogP contribution in [0.1, 0.15) is 5.56 Å². The van der Waals surface area contributed by atoms with Crippen LogP contribution in [0.5, 0.6) is 5.75 Å². The number of hydrogen-bond acceptors (Lipinski definition) is 2. The second-order valence-corrected chi connectivity index (χ2v) is 4.02. The van der Waals surface area contributed by atoms with Gasteiger partial charge in [-0.2, -0.15) is 0 Å². The summed E-state index contributed by atoms with van der Waals surface area (Å²) in [5.74, 6) is 0.862. The molecule has 0 fully saturated rings. The third-order valence-corrected chi connectivity index (χ3v) is 2.44. The highest BCUT2D eigenvalue weighted by molar-refractivity contribution is 9.10. The summed E-state index contributed by atoms with van der Waals surface area (Å²) in [6, 6.07) is 11.7. The minimum atomic E-state index is 0.568. The van der Waals surface area contributed by atoms with Gasteiger partial charge in [0.25, 0.3) is 0 Å². The Labute approximate surface area is 97.1 Å². The molecule has 1 aromatic heterocycles. The number of hydrogen-bond donors (Lipinski definition) is 0. The zero-order valence-electron chi connectivity index (χ0n) is 8.06. The molecule has 0 aliphatic carbocycles. The largest absolute Gasteiger partial charge is 0.489 e. The van der Waals surface area contributed by atoms with Gasteiger partial charge in [0, 0.05) is 16.9 Å². The molecule has 0 N–H and O–H groups in total. The summed E-state index contributed by atoms with van der Waals surface area (Å²) in [5.41, 5.74) is 1.12. The second kappa shape index (κ2) is 4.94. The molecule has 0 atom stereocenters. The number of aromatic nitrogens is 1. The zero-order chi connectivity index (χ0) is 10.5. The van der Waals surface area contributed by atoms with E-state index in [0.29, 0.717) is 6.61 Å². The average Bonchev–Trinajstić information content (AvgIpc) is 2.28. The molecular formula is C12H10BrNO. The predicted molar refractivity (Wildman–Crippen MR) is 62.7 cm³/mol. The van der Waals surface area contributed by atoms with Gasteiger partial charge in [-0.05, 0) is 35.9 Å². The summed E-state index contributed by atoms with van der Waals surface area (Å²) >= 11 is 3.40. The highest BCUT2D eigenvalue weighted by atomic mass is 79.9. The van der Waals surface area contributed by atoms with E-state index in [2.05, 4.69) is 20.9 Å². The van der Waals surface area contributed by atoms with E-state index in [1.54, 1.807) is 12.4 Å². The summed E-state index contributed by atoms with van der Waals surface area (Å²) in [6.45, 7) is 0.568. The van der Waals surface area contributed by atoms with Crippen LogP contribution in [0.15, 0.2) is 53.3 Å². The maximum Gasteiger partial charge on any atom is 0.120 e. The predicted octanol–water partition coefficient (Wildman–Crippen LogP) is 3.42. The van der Waals surface area contributed by atoms with Crippen LogP contribution < -0.4 is 4.74 Å². The molecule has 2 rings (SSSR count). The molecule has 0 spiro atoms. The van der Waals surface area contributed by atoms with Gasteiger partial charge >= 0.3 is 0 Å². The van der Waals surface area contributed by atoms with E-state index in [0.717, 1.165) is 15.8 Å². The van der Waals surface area contributed by atoms with Crippen LogP contribution in [0, 0.1) is 0 Å². The highest BCUT2D eigenvalue weighted by Crippen LogP contribution is 2.18. The van der Waals surface area contributed by atoms with E-state index in [9.17, 15) is 0 Å². The molecule has 2 aromatic rings. The van der Waals surface area contributed by atoms with Crippen molar-refractivity contribution in [2.75, 3.05) is 0 Å². The van der Waals surface area contributed by atoms with Crippen LogP contribution in [-0.4, -0.2) is 4.98 Å². The van der Waals surface area contributed by atoms with Crippen molar-refractivity contribution >= 4 is 15.9 Å². The van der Waals surface area contributed by atoms with Crippen molar-refractivity contribution in [3.05, 3.63) is 58.8 Å². The molecule has 76 valence electrons. The van der Waals surface area contributed by atoms with E-state index in [1.807, 2.05) is 36.4 Å². The Balaban J connectivity index is 1.99. The smallest absolute Gasteiger partial charge is 0.120 e. The number of pyridine rings is 1. The number of halogens is 1. The molecule has 0 aliphatic heterocycles. The van der Waals surface area contributed by atoms with Gasteiger partial charge in [-0.1, -0.05) is 22.0 Å². The molecule has 1 heterocycles. The van der Waals surface area contributed by atoms with Crippen LogP contribution in [0.4, 0.5) is 0 Å². The van der Waals surface area contributed by atoms with Crippen molar-refractivity contribution in [1.82, 2.24) is 4.98 Å². The Morgan fingerprint density at radius 3 is 2.67 bits per heavy atom. The van der Waals surface area contributed by atoms with Crippen LogP contribution in [0.2, 0.25) is 0 Å². The zero-order valence-corrected chi connectivity index (χ0v) is 9.65. The molecule has 1 aromatic carbocycles. The number of benzene rings is 1. The highest BCUT2D eigenvalue weighted by Gasteiger charge is 1.95. The quantitative estimate of drug-likeness (QED) is 0.847. The molecule has 0 amide bonds. The van der Waals surface area contributed by atoms with Gasteiger partial charge in [0.05, 0.1) is 0 Å². The van der Waals surface area contributed by atoms with Gasteiger partial charge in [-0.15, -0.1) is 0 Å².